The highest BCUT2D eigenvalue weighted by molar-refractivity contribution is 5.91. The molecule has 1 amide bonds. The van der Waals surface area contributed by atoms with Gasteiger partial charge in [-0.2, -0.15) is 23.5 Å². The fourth-order valence-electron chi connectivity index (χ4n) is 6.28. The minimum absolute atomic E-state index is 0.0221. The van der Waals surface area contributed by atoms with Gasteiger partial charge in [0.05, 0.1) is 23.1 Å². The Morgan fingerprint density at radius 2 is 1.92 bits per heavy atom. The molecule has 0 saturated heterocycles. The smallest absolute Gasteiger partial charge is 0.383 e. The van der Waals surface area contributed by atoms with E-state index in [9.17, 15) is 23.2 Å². The van der Waals surface area contributed by atoms with Crippen molar-refractivity contribution in [3.63, 3.8) is 0 Å². The zero-order valence-corrected chi connectivity index (χ0v) is 21.2. The zero-order valence-electron chi connectivity index (χ0n) is 21.2. The molecule has 0 atom stereocenters. The lowest BCUT2D eigenvalue weighted by Gasteiger charge is -2.29. The van der Waals surface area contributed by atoms with Gasteiger partial charge in [0, 0.05) is 17.0 Å². The molecule has 3 aliphatic carbocycles. The highest BCUT2D eigenvalue weighted by Gasteiger charge is 2.67. The van der Waals surface area contributed by atoms with Crippen molar-refractivity contribution in [1.29, 1.82) is 5.26 Å². The van der Waals surface area contributed by atoms with Crippen molar-refractivity contribution in [2.45, 2.75) is 75.4 Å². The lowest BCUT2D eigenvalue weighted by Crippen LogP contribution is -2.33. The first-order chi connectivity index (χ1) is 18.4. The molecule has 3 aromatic rings. The van der Waals surface area contributed by atoms with E-state index in [2.05, 4.69) is 15.6 Å². The van der Waals surface area contributed by atoms with E-state index in [1.165, 1.54) is 18.2 Å². The summed E-state index contributed by atoms with van der Waals surface area (Å²) in [4.78, 5) is 12.6. The number of nitriles is 1. The molecule has 6 rings (SSSR count). The predicted octanol–water partition coefficient (Wildman–Crippen LogP) is 5.59. The highest BCUT2D eigenvalue weighted by Crippen LogP contribution is 2.67. The number of benzene rings is 1. The molecule has 3 N–H and O–H groups in total. The lowest BCUT2D eigenvalue weighted by atomic mass is 9.80. The van der Waals surface area contributed by atoms with Gasteiger partial charge in [-0.15, -0.1) is 0 Å². The molecule has 3 fully saturated rings. The molecule has 2 heterocycles. The van der Waals surface area contributed by atoms with Crippen LogP contribution in [0.3, 0.4) is 0 Å². The van der Waals surface area contributed by atoms with Crippen LogP contribution in [-0.2, 0) is 22.2 Å². The molecule has 0 spiro atoms. The van der Waals surface area contributed by atoms with Gasteiger partial charge >= 0.3 is 6.18 Å². The normalized spacial score (nSPS) is 25.0. The maximum absolute atomic E-state index is 15.1. The Hall–Kier alpha value is -3.88. The van der Waals surface area contributed by atoms with Crippen molar-refractivity contribution in [2.24, 2.45) is 5.41 Å². The molecule has 0 aliphatic heterocycles. The molecule has 12 heteroatoms. The third-order valence-corrected chi connectivity index (χ3v) is 8.93. The van der Waals surface area contributed by atoms with E-state index >= 15 is 4.39 Å². The largest absolute Gasteiger partial charge is 0.394 e. The summed E-state index contributed by atoms with van der Waals surface area (Å²) in [6.07, 6.45) is -1.87. The van der Waals surface area contributed by atoms with Crippen LogP contribution in [-0.4, -0.2) is 27.0 Å². The zero-order chi connectivity index (χ0) is 27.8. The minimum atomic E-state index is -4.25. The summed E-state index contributed by atoms with van der Waals surface area (Å²) in [5.74, 6) is -0.927. The third kappa shape index (κ3) is 3.97. The average molecular weight is 543 g/mol. The van der Waals surface area contributed by atoms with Gasteiger partial charge in [-0.1, -0.05) is 11.2 Å². The Morgan fingerprint density at radius 3 is 2.51 bits per heavy atom. The summed E-state index contributed by atoms with van der Waals surface area (Å²) in [5.41, 5.74) is 4.63. The molecular weight excluding hydrogens is 516 g/mol. The Morgan fingerprint density at radius 1 is 1.21 bits per heavy atom. The quantitative estimate of drug-likeness (QED) is 0.392. The van der Waals surface area contributed by atoms with Crippen LogP contribution in [0.1, 0.15) is 68.7 Å². The Balaban J connectivity index is 1.15. The number of carbonyl (C=O) groups excluding carboxylic acids is 1. The fraction of sp³-hybridized carbons (Fsp3) is 0.481. The number of nitrogens with zero attached hydrogens (tertiary/aromatic N) is 4. The van der Waals surface area contributed by atoms with Gasteiger partial charge in [-0.25, -0.2) is 9.07 Å². The van der Waals surface area contributed by atoms with E-state index in [1.807, 2.05) is 13.0 Å². The molecule has 1 aromatic carbocycles. The second-order valence-corrected chi connectivity index (χ2v) is 11.5. The molecule has 8 nitrogen and oxygen atoms in total. The topological polar surface area (TPSA) is 123 Å². The molecule has 204 valence electrons. The van der Waals surface area contributed by atoms with Crippen molar-refractivity contribution in [1.82, 2.24) is 14.9 Å². The summed E-state index contributed by atoms with van der Waals surface area (Å²) in [6, 6.07) is 7.72. The van der Waals surface area contributed by atoms with E-state index in [0.717, 1.165) is 12.8 Å². The first-order valence-corrected chi connectivity index (χ1v) is 12.8. The van der Waals surface area contributed by atoms with Gasteiger partial charge in [0.2, 0.25) is 11.8 Å². The molecule has 3 aliphatic rings. The van der Waals surface area contributed by atoms with Gasteiger partial charge in [0.25, 0.3) is 0 Å². The lowest BCUT2D eigenvalue weighted by molar-refractivity contribution is -0.220. The number of nitrogens with one attached hydrogen (secondary N) is 1. The SMILES string of the molecule is CC1(n2nc(-c3ccc(CC(=O)Nc4cc(C56CCC(C(F)(F)F)(CC5)C6)no4)cc3F)c(C#N)c2N)CC1. The summed E-state index contributed by atoms with van der Waals surface area (Å²) in [7, 11) is 0. The van der Waals surface area contributed by atoms with Gasteiger partial charge in [-0.3, -0.25) is 10.1 Å². The summed E-state index contributed by atoms with van der Waals surface area (Å²) < 4.78 is 62.8. The minimum Gasteiger partial charge on any atom is -0.383 e. The van der Waals surface area contributed by atoms with E-state index in [1.54, 1.807) is 10.7 Å². The molecule has 0 radical (unpaired) electrons. The number of amides is 1. The summed E-state index contributed by atoms with van der Waals surface area (Å²) in [6.45, 7) is 1.97. The highest BCUT2D eigenvalue weighted by atomic mass is 19.4. The molecule has 2 bridgehead atoms. The van der Waals surface area contributed by atoms with Crippen LogP contribution in [0.25, 0.3) is 11.3 Å². The van der Waals surface area contributed by atoms with Crippen molar-refractivity contribution in [3.8, 4) is 17.3 Å². The van der Waals surface area contributed by atoms with Gasteiger partial charge < -0.3 is 10.3 Å². The molecule has 0 unspecified atom stereocenters. The van der Waals surface area contributed by atoms with Gasteiger partial charge in [0.15, 0.2) is 0 Å². The molecular formula is C27H26F4N6O2. The number of carbonyl (C=O) groups is 1. The van der Waals surface area contributed by atoms with Crippen LogP contribution in [0.5, 0.6) is 0 Å². The first kappa shape index (κ1) is 25.4. The summed E-state index contributed by atoms with van der Waals surface area (Å²) in [5, 5.41) is 20.6. The van der Waals surface area contributed by atoms with Crippen molar-refractivity contribution in [3.05, 3.63) is 46.9 Å². The van der Waals surface area contributed by atoms with E-state index in [0.29, 0.717) is 24.1 Å². The number of alkyl halides is 3. The molecule has 3 saturated carbocycles. The van der Waals surface area contributed by atoms with Crippen LogP contribution in [0, 0.1) is 22.6 Å². The number of aromatic nitrogens is 3. The average Bonchev–Trinajstić information content (AvgIpc) is 3.29. The Kier molecular flexibility index (Phi) is 5.41. The van der Waals surface area contributed by atoms with E-state index < -0.39 is 28.7 Å². The number of fused-ring (bicyclic) bond motifs is 2. The van der Waals surface area contributed by atoms with Crippen LogP contribution in [0.2, 0.25) is 0 Å². The maximum Gasteiger partial charge on any atom is 0.394 e. The third-order valence-electron chi connectivity index (χ3n) is 8.93. The number of anilines is 2. The van der Waals surface area contributed by atoms with Crippen molar-refractivity contribution in [2.75, 3.05) is 11.1 Å². The van der Waals surface area contributed by atoms with Gasteiger partial charge in [-0.05, 0) is 69.6 Å². The maximum atomic E-state index is 15.1. The predicted molar refractivity (Wildman–Crippen MR) is 132 cm³/mol. The van der Waals surface area contributed by atoms with Crippen molar-refractivity contribution >= 4 is 17.6 Å². The Labute approximate surface area is 221 Å². The fourth-order valence-corrected chi connectivity index (χ4v) is 6.28. The number of hydrogen-bond acceptors (Lipinski definition) is 6. The number of rotatable bonds is 6. The molecule has 2 aromatic heterocycles. The second kappa shape index (κ2) is 8.31. The second-order valence-electron chi connectivity index (χ2n) is 11.5. The first-order valence-electron chi connectivity index (χ1n) is 12.8. The number of hydrogen-bond donors (Lipinski definition) is 2. The van der Waals surface area contributed by atoms with E-state index in [-0.39, 0.29) is 59.7 Å². The number of halogens is 4. The van der Waals surface area contributed by atoms with Crippen LogP contribution >= 0.6 is 0 Å². The number of nitrogens with two attached hydrogens (primary N) is 1. The van der Waals surface area contributed by atoms with Crippen LogP contribution in [0.4, 0.5) is 29.3 Å². The number of nitrogen functional groups attached to an aromatic ring is 1. The monoisotopic (exact) mass is 542 g/mol. The molecule has 39 heavy (non-hydrogen) atoms. The van der Waals surface area contributed by atoms with Gasteiger partial charge in [0.1, 0.15) is 29.0 Å². The van der Waals surface area contributed by atoms with Crippen molar-refractivity contribution < 1.29 is 26.9 Å². The van der Waals surface area contributed by atoms with Crippen LogP contribution < -0.4 is 11.1 Å². The van der Waals surface area contributed by atoms with Crippen LogP contribution in [0.15, 0.2) is 28.8 Å². The van der Waals surface area contributed by atoms with E-state index in [4.69, 9.17) is 10.3 Å². The standard InChI is InChI=1S/C27H26F4N6O2/c1-24(4-5-24)37-23(33)17(13-32)22(35-37)16-3-2-15(10-18(16)28)11-20(38)34-21-12-19(36-39-21)25-6-8-26(14-25,9-7-25)27(29,30)31/h2-3,10,12H,4-9,11,14,33H2,1H3,(H,34,38). The Bertz CT molecular complexity index is 1520. The summed E-state index contributed by atoms with van der Waals surface area (Å²) >= 11 is 0.